The summed E-state index contributed by atoms with van der Waals surface area (Å²) < 4.78 is 0. The zero-order valence-electron chi connectivity index (χ0n) is 17.7. The van der Waals surface area contributed by atoms with E-state index in [2.05, 4.69) is 44.2 Å². The number of carbonyl (C=O) groups is 2. The molecule has 0 spiro atoms. The lowest BCUT2D eigenvalue weighted by Gasteiger charge is -2.46. The number of imide groups is 1. The zero-order valence-corrected chi connectivity index (χ0v) is 19.2. The first-order valence-corrected chi connectivity index (χ1v) is 11.7. The molecule has 0 N–H and O–H groups in total. The molecule has 4 unspecified atom stereocenters. The van der Waals surface area contributed by atoms with Gasteiger partial charge in [0, 0.05) is 11.8 Å². The van der Waals surface area contributed by atoms with Crippen molar-refractivity contribution in [3.8, 4) is 0 Å². The third-order valence-corrected chi connectivity index (χ3v) is 8.13. The van der Waals surface area contributed by atoms with Gasteiger partial charge in [-0.25, -0.2) is 4.90 Å². The van der Waals surface area contributed by atoms with Gasteiger partial charge in [-0.05, 0) is 51.9 Å². The van der Waals surface area contributed by atoms with Gasteiger partial charge in [0.25, 0.3) is 0 Å². The average molecular weight is 462 g/mol. The number of hydrogen-bond acceptors (Lipinski definition) is 2. The minimum Gasteiger partial charge on any atom is -0.274 e. The van der Waals surface area contributed by atoms with E-state index in [1.165, 1.54) is 32.7 Å². The third kappa shape index (κ3) is 2.55. The lowest BCUT2D eigenvalue weighted by atomic mass is 9.54. The Morgan fingerprint density at radius 1 is 0.719 bits per heavy atom. The molecule has 3 aromatic carbocycles. The van der Waals surface area contributed by atoms with Crippen LogP contribution in [-0.4, -0.2) is 11.8 Å². The molecule has 1 heterocycles. The predicted molar refractivity (Wildman–Crippen MR) is 127 cm³/mol. The summed E-state index contributed by atoms with van der Waals surface area (Å²) in [5, 5.41) is 0.726. The molecule has 1 aliphatic heterocycles. The second kappa shape index (κ2) is 6.94. The minimum atomic E-state index is -0.410. The Hall–Kier alpha value is -2.62. The number of halogens is 2. The molecular weight excluding hydrogens is 441 g/mol. The van der Waals surface area contributed by atoms with Crippen molar-refractivity contribution < 1.29 is 9.59 Å². The first kappa shape index (κ1) is 20.0. The number of anilines is 1. The van der Waals surface area contributed by atoms with Crippen molar-refractivity contribution in [3.05, 3.63) is 98.5 Å². The highest BCUT2D eigenvalue weighted by Crippen LogP contribution is 2.61. The van der Waals surface area contributed by atoms with Gasteiger partial charge in [0.2, 0.25) is 11.8 Å². The largest absolute Gasteiger partial charge is 0.274 e. The van der Waals surface area contributed by atoms with Crippen molar-refractivity contribution in [1.82, 2.24) is 0 Å². The predicted octanol–water partition coefficient (Wildman–Crippen LogP) is 6.51. The number of nitrogens with zero attached hydrogens (tertiary/aromatic N) is 1. The van der Waals surface area contributed by atoms with E-state index in [9.17, 15) is 9.59 Å². The fraction of sp³-hybridized carbons (Fsp3) is 0.259. The summed E-state index contributed by atoms with van der Waals surface area (Å²) in [4.78, 5) is 28.9. The Labute approximate surface area is 197 Å². The summed E-state index contributed by atoms with van der Waals surface area (Å²) >= 11 is 12.3. The highest BCUT2D eigenvalue weighted by molar-refractivity contribution is 6.42. The molecule has 1 saturated heterocycles. The van der Waals surface area contributed by atoms with Gasteiger partial charge in [0.05, 0.1) is 27.6 Å². The molecule has 0 saturated carbocycles. The van der Waals surface area contributed by atoms with Crippen molar-refractivity contribution >= 4 is 40.7 Å². The van der Waals surface area contributed by atoms with E-state index in [4.69, 9.17) is 23.2 Å². The SMILES string of the molecule is CC(C)c1ccc2c(c1)C1c3ccccc3C2C2C(=O)N(c3ccc(Cl)c(Cl)c3)C(=O)C12. The van der Waals surface area contributed by atoms with E-state index in [1.807, 2.05) is 12.1 Å². The van der Waals surface area contributed by atoms with Crippen LogP contribution < -0.4 is 4.90 Å². The molecule has 3 nitrogen and oxygen atoms in total. The second-order valence-electron chi connectivity index (χ2n) is 9.29. The van der Waals surface area contributed by atoms with Crippen LogP contribution in [0.25, 0.3) is 0 Å². The maximum absolute atomic E-state index is 13.8. The highest BCUT2D eigenvalue weighted by atomic mass is 35.5. The Morgan fingerprint density at radius 2 is 1.31 bits per heavy atom. The second-order valence-corrected chi connectivity index (χ2v) is 10.1. The minimum absolute atomic E-state index is 0.123. The molecule has 2 amide bonds. The van der Waals surface area contributed by atoms with Crippen LogP contribution in [0.4, 0.5) is 5.69 Å². The molecule has 3 aliphatic carbocycles. The first-order valence-electron chi connectivity index (χ1n) is 10.9. The maximum Gasteiger partial charge on any atom is 0.238 e. The lowest BCUT2D eigenvalue weighted by molar-refractivity contribution is -0.122. The summed E-state index contributed by atoms with van der Waals surface area (Å²) in [6, 6.07) is 19.8. The van der Waals surface area contributed by atoms with Crippen LogP contribution in [0.2, 0.25) is 10.0 Å². The van der Waals surface area contributed by atoms with Gasteiger partial charge in [-0.2, -0.15) is 0 Å². The summed E-state index contributed by atoms with van der Waals surface area (Å²) in [5.74, 6) is -0.979. The molecule has 1 fully saturated rings. The average Bonchev–Trinajstić information content (AvgIpc) is 3.06. The van der Waals surface area contributed by atoms with Gasteiger partial charge in [0.1, 0.15) is 0 Å². The number of amides is 2. The molecular formula is C27H21Cl2NO2. The molecule has 7 rings (SSSR count). The Balaban J connectivity index is 1.55. The van der Waals surface area contributed by atoms with E-state index in [0.29, 0.717) is 21.7 Å². The molecule has 0 aromatic heterocycles. The molecule has 3 aromatic rings. The third-order valence-electron chi connectivity index (χ3n) is 7.39. The fourth-order valence-corrected chi connectivity index (χ4v) is 6.28. The van der Waals surface area contributed by atoms with Gasteiger partial charge in [-0.15, -0.1) is 0 Å². The molecule has 5 heteroatoms. The lowest BCUT2D eigenvalue weighted by Crippen LogP contribution is -2.41. The van der Waals surface area contributed by atoms with Gasteiger partial charge < -0.3 is 0 Å². The van der Waals surface area contributed by atoms with Gasteiger partial charge in [-0.3, -0.25) is 9.59 Å². The van der Waals surface area contributed by atoms with Crippen LogP contribution in [0, 0.1) is 11.8 Å². The summed E-state index contributed by atoms with van der Waals surface area (Å²) in [6.45, 7) is 4.35. The van der Waals surface area contributed by atoms with Gasteiger partial charge in [0.15, 0.2) is 0 Å². The smallest absolute Gasteiger partial charge is 0.238 e. The molecule has 0 radical (unpaired) electrons. The normalized spacial score (nSPS) is 25.2. The van der Waals surface area contributed by atoms with Crippen LogP contribution in [0.1, 0.15) is 59.4 Å². The number of rotatable bonds is 2. The zero-order chi connectivity index (χ0) is 22.3. The fourth-order valence-electron chi connectivity index (χ4n) is 5.98. The van der Waals surface area contributed by atoms with Crippen molar-refractivity contribution in [1.29, 1.82) is 0 Å². The monoisotopic (exact) mass is 461 g/mol. The van der Waals surface area contributed by atoms with Gasteiger partial charge >= 0.3 is 0 Å². The summed E-state index contributed by atoms with van der Waals surface area (Å²) in [5.41, 5.74) is 6.45. The van der Waals surface area contributed by atoms with Crippen molar-refractivity contribution in [3.63, 3.8) is 0 Å². The molecule has 2 bridgehead atoms. The molecule has 4 atom stereocenters. The molecule has 160 valence electrons. The number of carbonyl (C=O) groups excluding carboxylic acids is 2. The Kier molecular flexibility index (Phi) is 4.34. The van der Waals surface area contributed by atoms with Crippen LogP contribution in [0.15, 0.2) is 60.7 Å². The first-order chi connectivity index (χ1) is 15.4. The number of benzene rings is 3. The summed E-state index contributed by atoms with van der Waals surface area (Å²) in [6.07, 6.45) is 0. The van der Waals surface area contributed by atoms with Crippen LogP contribution in [0.5, 0.6) is 0 Å². The van der Waals surface area contributed by atoms with Crippen molar-refractivity contribution in [2.24, 2.45) is 11.8 Å². The van der Waals surface area contributed by atoms with Crippen LogP contribution >= 0.6 is 23.2 Å². The Morgan fingerprint density at radius 3 is 1.91 bits per heavy atom. The molecule has 4 aliphatic rings. The topological polar surface area (TPSA) is 37.4 Å². The van der Waals surface area contributed by atoms with Gasteiger partial charge in [-0.1, -0.05) is 79.5 Å². The van der Waals surface area contributed by atoms with Crippen LogP contribution in [-0.2, 0) is 9.59 Å². The standard InChI is InChI=1S/C27H21Cl2NO2/c1-13(2)14-7-9-18-19(11-14)23-17-6-4-3-5-16(17)22(18)24-25(23)27(32)30(26(24)31)15-8-10-20(28)21(29)12-15/h3-13,22-25H,1-2H3. The van der Waals surface area contributed by atoms with E-state index in [0.717, 1.165) is 0 Å². The maximum atomic E-state index is 13.8. The van der Waals surface area contributed by atoms with Crippen LogP contribution in [0.3, 0.4) is 0 Å². The van der Waals surface area contributed by atoms with Crippen molar-refractivity contribution in [2.75, 3.05) is 4.90 Å². The quantitative estimate of drug-likeness (QED) is 0.407. The number of hydrogen-bond donors (Lipinski definition) is 0. The molecule has 32 heavy (non-hydrogen) atoms. The van der Waals surface area contributed by atoms with E-state index >= 15 is 0 Å². The Bertz CT molecular complexity index is 1310. The highest BCUT2D eigenvalue weighted by Gasteiger charge is 2.61. The van der Waals surface area contributed by atoms with E-state index in [-0.39, 0.29) is 23.7 Å². The summed E-state index contributed by atoms with van der Waals surface area (Å²) in [7, 11) is 0. The van der Waals surface area contributed by atoms with E-state index < -0.39 is 11.8 Å². The van der Waals surface area contributed by atoms with Crippen molar-refractivity contribution in [2.45, 2.75) is 31.6 Å². The van der Waals surface area contributed by atoms with E-state index in [1.54, 1.807) is 18.2 Å².